The summed E-state index contributed by atoms with van der Waals surface area (Å²) < 4.78 is 4.77. The molecule has 1 heterocycles. The summed E-state index contributed by atoms with van der Waals surface area (Å²) in [5.74, 6) is -0.190. The molecule has 0 bridgehead atoms. The number of hydrogen-bond donors (Lipinski definition) is 1. The zero-order valence-electron chi connectivity index (χ0n) is 10.9. The van der Waals surface area contributed by atoms with Gasteiger partial charge in [0.15, 0.2) is 0 Å². The molecule has 20 heavy (non-hydrogen) atoms. The molecule has 0 unspecified atom stereocenters. The Bertz CT molecular complexity index is 665. The van der Waals surface area contributed by atoms with Crippen LogP contribution in [0.15, 0.2) is 35.3 Å². The van der Waals surface area contributed by atoms with Crippen LogP contribution in [0.4, 0.5) is 0 Å². The van der Waals surface area contributed by atoms with Crippen LogP contribution in [0.5, 0.6) is 0 Å². The predicted octanol–water partition coefficient (Wildman–Crippen LogP) is 2.19. The summed E-state index contributed by atoms with van der Waals surface area (Å²) in [5.41, 5.74) is 0.371. The van der Waals surface area contributed by atoms with Gasteiger partial charge >= 0.3 is 5.97 Å². The van der Waals surface area contributed by atoms with E-state index in [1.165, 1.54) is 6.20 Å². The Morgan fingerprint density at radius 3 is 2.65 bits per heavy atom. The highest BCUT2D eigenvalue weighted by molar-refractivity contribution is 6.30. The number of aromatic nitrogens is 2. The summed E-state index contributed by atoms with van der Waals surface area (Å²) in [5, 5.41) is 0.646. The number of rotatable bonds is 4. The van der Waals surface area contributed by atoms with Gasteiger partial charge in [0, 0.05) is 17.6 Å². The van der Waals surface area contributed by atoms with Gasteiger partial charge in [0.05, 0.1) is 6.61 Å². The molecular weight excluding hydrogens is 280 g/mol. The van der Waals surface area contributed by atoms with Gasteiger partial charge in [-0.25, -0.2) is 9.78 Å². The third kappa shape index (κ3) is 3.45. The van der Waals surface area contributed by atoms with E-state index in [0.29, 0.717) is 17.3 Å². The van der Waals surface area contributed by atoms with E-state index in [1.807, 2.05) is 12.1 Å². The smallest absolute Gasteiger partial charge is 0.345 e. The van der Waals surface area contributed by atoms with Crippen LogP contribution in [0.25, 0.3) is 0 Å². The molecule has 0 fully saturated rings. The summed E-state index contributed by atoms with van der Waals surface area (Å²) in [6.45, 7) is 1.89. The van der Waals surface area contributed by atoms with Crippen molar-refractivity contribution in [2.45, 2.75) is 13.3 Å². The fourth-order valence-corrected chi connectivity index (χ4v) is 1.80. The summed E-state index contributed by atoms with van der Waals surface area (Å²) in [7, 11) is 0. The lowest BCUT2D eigenvalue weighted by atomic mass is 10.1. The van der Waals surface area contributed by atoms with Crippen LogP contribution in [0, 0.1) is 0 Å². The number of aromatic amines is 1. The molecule has 0 saturated carbocycles. The molecule has 0 radical (unpaired) electrons. The van der Waals surface area contributed by atoms with Gasteiger partial charge < -0.3 is 9.72 Å². The minimum atomic E-state index is -0.667. The molecule has 1 aromatic carbocycles. The van der Waals surface area contributed by atoms with Crippen molar-refractivity contribution in [1.82, 2.24) is 9.97 Å². The first kappa shape index (κ1) is 14.3. The van der Waals surface area contributed by atoms with Crippen LogP contribution in [0.2, 0.25) is 5.02 Å². The Kier molecular flexibility index (Phi) is 4.53. The number of nitrogens with one attached hydrogen (secondary N) is 1. The number of benzene rings is 1. The van der Waals surface area contributed by atoms with Crippen molar-refractivity contribution >= 4 is 17.6 Å². The molecule has 0 amide bonds. The maximum absolute atomic E-state index is 11.8. The van der Waals surface area contributed by atoms with E-state index in [1.54, 1.807) is 19.1 Å². The number of nitrogens with zero attached hydrogens (tertiary/aromatic N) is 1. The lowest BCUT2D eigenvalue weighted by Gasteiger charge is -2.03. The zero-order chi connectivity index (χ0) is 14.5. The second-order valence-electron chi connectivity index (χ2n) is 4.10. The lowest BCUT2D eigenvalue weighted by Crippen LogP contribution is -2.22. The standard InChI is InChI=1S/C14H13ClN2O3/c1-2-20-14(19)11-8-16-12(17-13(11)18)7-9-3-5-10(15)6-4-9/h3-6,8H,2,7H2,1H3,(H,16,17,18). The maximum Gasteiger partial charge on any atom is 0.345 e. The van der Waals surface area contributed by atoms with Gasteiger partial charge in [-0.3, -0.25) is 4.79 Å². The Hall–Kier alpha value is -2.14. The topological polar surface area (TPSA) is 72.0 Å². The van der Waals surface area contributed by atoms with Crippen LogP contribution in [0.1, 0.15) is 28.7 Å². The highest BCUT2D eigenvalue weighted by Crippen LogP contribution is 2.11. The normalized spacial score (nSPS) is 10.3. The first-order valence-electron chi connectivity index (χ1n) is 6.10. The number of hydrogen-bond acceptors (Lipinski definition) is 4. The monoisotopic (exact) mass is 292 g/mol. The summed E-state index contributed by atoms with van der Waals surface area (Å²) in [6.07, 6.45) is 1.69. The van der Waals surface area contributed by atoms with Crippen molar-refractivity contribution in [2.24, 2.45) is 0 Å². The number of H-pyrrole nitrogens is 1. The van der Waals surface area contributed by atoms with Gasteiger partial charge in [-0.05, 0) is 24.6 Å². The van der Waals surface area contributed by atoms with Crippen LogP contribution in [-0.4, -0.2) is 22.5 Å². The molecule has 2 rings (SSSR count). The number of halogens is 1. The van der Waals surface area contributed by atoms with Crippen molar-refractivity contribution in [2.75, 3.05) is 6.61 Å². The van der Waals surface area contributed by atoms with Crippen LogP contribution in [0.3, 0.4) is 0 Å². The van der Waals surface area contributed by atoms with E-state index in [2.05, 4.69) is 9.97 Å². The lowest BCUT2D eigenvalue weighted by molar-refractivity contribution is 0.0523. The number of carbonyl (C=O) groups excluding carboxylic acids is 1. The number of carbonyl (C=O) groups is 1. The SMILES string of the molecule is CCOC(=O)c1cnc(Cc2ccc(Cl)cc2)[nH]c1=O. The minimum Gasteiger partial charge on any atom is -0.462 e. The molecule has 0 aliphatic heterocycles. The number of ether oxygens (including phenoxy) is 1. The highest BCUT2D eigenvalue weighted by atomic mass is 35.5. The molecule has 5 nitrogen and oxygen atoms in total. The van der Waals surface area contributed by atoms with E-state index >= 15 is 0 Å². The largest absolute Gasteiger partial charge is 0.462 e. The molecule has 2 aromatic rings. The highest BCUT2D eigenvalue weighted by Gasteiger charge is 2.12. The van der Waals surface area contributed by atoms with Crippen LogP contribution in [-0.2, 0) is 11.2 Å². The van der Waals surface area contributed by atoms with Gasteiger partial charge in [-0.15, -0.1) is 0 Å². The van der Waals surface area contributed by atoms with Crippen molar-refractivity contribution < 1.29 is 9.53 Å². The molecule has 1 aromatic heterocycles. The van der Waals surface area contributed by atoms with Crippen LogP contribution < -0.4 is 5.56 Å². The van der Waals surface area contributed by atoms with E-state index in [4.69, 9.17) is 16.3 Å². The van der Waals surface area contributed by atoms with Gasteiger partial charge in [-0.1, -0.05) is 23.7 Å². The van der Waals surface area contributed by atoms with Crippen molar-refractivity contribution in [3.8, 4) is 0 Å². The number of esters is 1. The van der Waals surface area contributed by atoms with Crippen molar-refractivity contribution in [1.29, 1.82) is 0 Å². The minimum absolute atomic E-state index is 0.0910. The molecule has 0 saturated heterocycles. The van der Waals surface area contributed by atoms with Gasteiger partial charge in [0.25, 0.3) is 5.56 Å². The molecule has 6 heteroatoms. The van der Waals surface area contributed by atoms with Crippen LogP contribution >= 0.6 is 11.6 Å². The van der Waals surface area contributed by atoms with Crippen molar-refractivity contribution in [3.63, 3.8) is 0 Å². The Morgan fingerprint density at radius 1 is 1.35 bits per heavy atom. The second-order valence-corrected chi connectivity index (χ2v) is 4.53. The molecule has 1 N–H and O–H groups in total. The Labute approximate surface area is 120 Å². The average Bonchev–Trinajstić information content (AvgIpc) is 2.42. The van der Waals surface area contributed by atoms with E-state index in [9.17, 15) is 9.59 Å². The van der Waals surface area contributed by atoms with Gasteiger partial charge in [0.1, 0.15) is 11.4 Å². The first-order valence-corrected chi connectivity index (χ1v) is 6.47. The Balaban J connectivity index is 2.19. The fourth-order valence-electron chi connectivity index (χ4n) is 1.67. The molecule has 0 aliphatic carbocycles. The van der Waals surface area contributed by atoms with Gasteiger partial charge in [-0.2, -0.15) is 0 Å². The second kappa shape index (κ2) is 6.34. The molecule has 0 atom stereocenters. The molecule has 0 spiro atoms. The van der Waals surface area contributed by atoms with E-state index in [-0.39, 0.29) is 12.2 Å². The summed E-state index contributed by atoms with van der Waals surface area (Å²) in [6, 6.07) is 7.23. The molecule has 104 valence electrons. The third-order valence-corrected chi connectivity index (χ3v) is 2.88. The summed E-state index contributed by atoms with van der Waals surface area (Å²) in [4.78, 5) is 29.9. The zero-order valence-corrected chi connectivity index (χ0v) is 11.6. The third-order valence-electron chi connectivity index (χ3n) is 2.63. The first-order chi connectivity index (χ1) is 9.60. The molecule has 0 aliphatic rings. The average molecular weight is 293 g/mol. The van der Waals surface area contributed by atoms with E-state index in [0.717, 1.165) is 5.56 Å². The predicted molar refractivity (Wildman–Crippen MR) is 75.1 cm³/mol. The van der Waals surface area contributed by atoms with E-state index < -0.39 is 11.5 Å². The van der Waals surface area contributed by atoms with Gasteiger partial charge in [0.2, 0.25) is 0 Å². The maximum atomic E-state index is 11.8. The Morgan fingerprint density at radius 2 is 2.05 bits per heavy atom. The quantitative estimate of drug-likeness (QED) is 0.877. The summed E-state index contributed by atoms with van der Waals surface area (Å²) >= 11 is 5.80. The fraction of sp³-hybridized carbons (Fsp3) is 0.214. The van der Waals surface area contributed by atoms with Crippen molar-refractivity contribution in [3.05, 3.63) is 62.8 Å². The molecular formula is C14H13ClN2O3.